The molecule has 5 rings (SSSR count). The Morgan fingerprint density at radius 3 is 2.87 bits per heavy atom. The number of nitrogens with zero attached hydrogens (tertiary/aromatic N) is 4. The van der Waals surface area contributed by atoms with E-state index in [1.165, 1.54) is 12.1 Å². The fourth-order valence-corrected chi connectivity index (χ4v) is 4.37. The number of hydrogen-bond donors (Lipinski definition) is 1. The number of hydrogen-bond acceptors (Lipinski definition) is 6. The van der Waals surface area contributed by atoms with Crippen molar-refractivity contribution in [3.8, 4) is 0 Å². The number of halogens is 1. The predicted molar refractivity (Wildman–Crippen MR) is 110 cm³/mol. The monoisotopic (exact) mass is 427 g/mol. The van der Waals surface area contributed by atoms with Crippen LogP contribution in [0.5, 0.6) is 0 Å². The van der Waals surface area contributed by atoms with Gasteiger partial charge in [0.25, 0.3) is 5.91 Å². The highest BCUT2D eigenvalue weighted by atomic mass is 32.2. The lowest BCUT2D eigenvalue weighted by Gasteiger charge is -2.33. The standard InChI is InChI=1S/C20H18FN5O3S/c1-2-26-18-13(5-3-6-22-18)20(23-26)30(28)24-19(27)17-11-14-15(21)9-12(10-16(14)29-17)25-7-4-8-25/h3,5-6,9-11H,2,4,7-8H2,1H3,(H,24,27). The second kappa shape index (κ2) is 7.21. The maximum atomic E-state index is 14.5. The summed E-state index contributed by atoms with van der Waals surface area (Å²) in [6.45, 7) is 4.17. The van der Waals surface area contributed by atoms with E-state index in [1.54, 1.807) is 29.1 Å². The van der Waals surface area contributed by atoms with E-state index < -0.39 is 22.7 Å². The lowest BCUT2D eigenvalue weighted by molar-refractivity contribution is 0.0958. The number of pyridine rings is 1. The fourth-order valence-electron chi connectivity index (χ4n) is 3.47. The average Bonchev–Trinajstić information content (AvgIpc) is 3.28. The number of amides is 1. The lowest BCUT2D eigenvalue weighted by atomic mass is 10.1. The first-order chi connectivity index (χ1) is 14.5. The summed E-state index contributed by atoms with van der Waals surface area (Å²) in [7, 11) is -1.93. The van der Waals surface area contributed by atoms with Gasteiger partial charge in [0.1, 0.15) is 11.4 Å². The summed E-state index contributed by atoms with van der Waals surface area (Å²) < 4.78 is 36.9. The van der Waals surface area contributed by atoms with Crippen molar-refractivity contribution in [1.29, 1.82) is 0 Å². The minimum atomic E-state index is -1.93. The van der Waals surface area contributed by atoms with Gasteiger partial charge in [-0.2, -0.15) is 5.10 Å². The number of benzene rings is 1. The fraction of sp³-hybridized carbons (Fsp3) is 0.250. The van der Waals surface area contributed by atoms with Gasteiger partial charge in [-0.15, -0.1) is 0 Å². The molecule has 1 aliphatic heterocycles. The highest BCUT2D eigenvalue weighted by molar-refractivity contribution is 7.83. The number of rotatable bonds is 5. The summed E-state index contributed by atoms with van der Waals surface area (Å²) in [5.41, 5.74) is 1.58. The molecular formula is C20H18FN5O3S. The van der Waals surface area contributed by atoms with Crippen LogP contribution < -0.4 is 9.62 Å². The molecule has 0 saturated carbocycles. The number of aryl methyl sites for hydroxylation is 1. The van der Waals surface area contributed by atoms with Crippen LogP contribution in [-0.4, -0.2) is 38.0 Å². The van der Waals surface area contributed by atoms with Crippen molar-refractivity contribution in [3.63, 3.8) is 0 Å². The minimum Gasteiger partial charge on any atom is -0.451 e. The van der Waals surface area contributed by atoms with Crippen LogP contribution >= 0.6 is 0 Å². The number of nitrogens with one attached hydrogen (secondary N) is 1. The third kappa shape index (κ3) is 3.04. The van der Waals surface area contributed by atoms with Gasteiger partial charge >= 0.3 is 0 Å². The molecule has 0 bridgehead atoms. The highest BCUT2D eigenvalue weighted by Gasteiger charge is 2.23. The van der Waals surface area contributed by atoms with E-state index >= 15 is 0 Å². The molecule has 1 atom stereocenters. The van der Waals surface area contributed by atoms with Gasteiger partial charge < -0.3 is 9.32 Å². The van der Waals surface area contributed by atoms with Crippen molar-refractivity contribution in [2.75, 3.05) is 18.0 Å². The summed E-state index contributed by atoms with van der Waals surface area (Å²) in [6, 6.07) is 7.93. The summed E-state index contributed by atoms with van der Waals surface area (Å²) in [5, 5.41) is 5.30. The molecule has 8 nitrogen and oxygen atoms in total. The molecule has 1 fully saturated rings. The van der Waals surface area contributed by atoms with E-state index in [0.29, 0.717) is 17.6 Å². The Balaban J connectivity index is 1.43. The second-order valence-electron chi connectivity index (χ2n) is 6.99. The Hall–Kier alpha value is -3.27. The van der Waals surface area contributed by atoms with Crippen molar-refractivity contribution in [3.05, 3.63) is 48.1 Å². The molecule has 4 heterocycles. The first-order valence-corrected chi connectivity index (χ1v) is 10.7. The molecule has 30 heavy (non-hydrogen) atoms. The van der Waals surface area contributed by atoms with Crippen molar-refractivity contribution in [2.45, 2.75) is 24.9 Å². The Labute approximate surface area is 173 Å². The summed E-state index contributed by atoms with van der Waals surface area (Å²) in [6.07, 6.45) is 2.69. The summed E-state index contributed by atoms with van der Waals surface area (Å²) >= 11 is 0. The van der Waals surface area contributed by atoms with Crippen molar-refractivity contribution in [2.24, 2.45) is 0 Å². The molecule has 4 aromatic rings. The van der Waals surface area contributed by atoms with Gasteiger partial charge in [0, 0.05) is 43.7 Å². The van der Waals surface area contributed by atoms with Crippen LogP contribution in [0.1, 0.15) is 23.9 Å². The SMILES string of the molecule is CCn1nc(S(=O)NC(=O)c2cc3c(F)cc(N4CCC4)cc3o2)c2cccnc21. The summed E-state index contributed by atoms with van der Waals surface area (Å²) in [4.78, 5) is 18.9. The minimum absolute atomic E-state index is 0.115. The van der Waals surface area contributed by atoms with Gasteiger partial charge in [-0.25, -0.2) is 18.3 Å². The van der Waals surface area contributed by atoms with E-state index in [-0.39, 0.29) is 21.8 Å². The number of aromatic nitrogens is 3. The van der Waals surface area contributed by atoms with Crippen LogP contribution in [0.15, 0.2) is 46.0 Å². The van der Waals surface area contributed by atoms with Gasteiger partial charge in [0.15, 0.2) is 27.4 Å². The van der Waals surface area contributed by atoms with E-state index in [4.69, 9.17) is 4.42 Å². The van der Waals surface area contributed by atoms with Gasteiger partial charge in [-0.05, 0) is 31.5 Å². The van der Waals surface area contributed by atoms with E-state index in [1.807, 2.05) is 11.8 Å². The number of anilines is 1. The van der Waals surface area contributed by atoms with E-state index in [9.17, 15) is 13.4 Å². The first kappa shape index (κ1) is 18.7. The molecule has 1 aliphatic rings. The molecule has 0 aliphatic carbocycles. The predicted octanol–water partition coefficient (Wildman–Crippen LogP) is 3.00. The average molecular weight is 427 g/mol. The molecule has 1 N–H and O–H groups in total. The van der Waals surface area contributed by atoms with Gasteiger partial charge in [-0.3, -0.25) is 9.52 Å². The number of carbonyl (C=O) groups is 1. The largest absolute Gasteiger partial charge is 0.451 e. The van der Waals surface area contributed by atoms with Crippen LogP contribution in [-0.2, 0) is 17.5 Å². The zero-order valence-corrected chi connectivity index (χ0v) is 16.9. The Bertz CT molecular complexity index is 1310. The molecule has 10 heteroatoms. The third-order valence-electron chi connectivity index (χ3n) is 5.15. The molecule has 0 radical (unpaired) electrons. The van der Waals surface area contributed by atoms with Crippen LogP contribution in [0.3, 0.4) is 0 Å². The van der Waals surface area contributed by atoms with Gasteiger partial charge in [-0.1, -0.05) is 0 Å². The van der Waals surface area contributed by atoms with E-state index in [0.717, 1.165) is 25.2 Å². The smallest absolute Gasteiger partial charge is 0.298 e. The van der Waals surface area contributed by atoms with Crippen LogP contribution in [0.4, 0.5) is 10.1 Å². The molecule has 154 valence electrons. The topological polar surface area (TPSA) is 93.3 Å². The quantitative estimate of drug-likeness (QED) is 0.526. The molecule has 1 saturated heterocycles. The van der Waals surface area contributed by atoms with Crippen LogP contribution in [0.25, 0.3) is 22.0 Å². The van der Waals surface area contributed by atoms with E-state index in [2.05, 4.69) is 14.8 Å². The Morgan fingerprint density at radius 1 is 1.30 bits per heavy atom. The van der Waals surface area contributed by atoms with Crippen molar-refractivity contribution < 1.29 is 17.8 Å². The molecule has 1 amide bonds. The molecular weight excluding hydrogens is 409 g/mol. The van der Waals surface area contributed by atoms with Crippen LogP contribution in [0, 0.1) is 5.82 Å². The number of furan rings is 1. The highest BCUT2D eigenvalue weighted by Crippen LogP contribution is 2.30. The van der Waals surface area contributed by atoms with Gasteiger partial charge in [0.05, 0.1) is 10.8 Å². The first-order valence-electron chi connectivity index (χ1n) is 9.57. The molecule has 3 aromatic heterocycles. The Kier molecular flexibility index (Phi) is 4.50. The maximum Gasteiger partial charge on any atom is 0.298 e. The van der Waals surface area contributed by atoms with Crippen molar-refractivity contribution >= 4 is 44.6 Å². The number of fused-ring (bicyclic) bond motifs is 2. The van der Waals surface area contributed by atoms with Crippen molar-refractivity contribution in [1.82, 2.24) is 19.5 Å². The normalized spacial score (nSPS) is 14.8. The number of carbonyl (C=O) groups excluding carboxylic acids is 1. The molecule has 1 aromatic carbocycles. The zero-order valence-electron chi connectivity index (χ0n) is 16.1. The Morgan fingerprint density at radius 2 is 2.13 bits per heavy atom. The maximum absolute atomic E-state index is 14.5. The molecule has 1 unspecified atom stereocenters. The second-order valence-corrected chi connectivity index (χ2v) is 8.11. The third-order valence-corrected chi connectivity index (χ3v) is 6.17. The molecule has 0 spiro atoms. The van der Waals surface area contributed by atoms with Gasteiger partial charge in [0.2, 0.25) is 0 Å². The zero-order chi connectivity index (χ0) is 20.8. The van der Waals surface area contributed by atoms with Crippen LogP contribution in [0.2, 0.25) is 0 Å². The lowest BCUT2D eigenvalue weighted by Crippen LogP contribution is -2.36. The summed E-state index contributed by atoms with van der Waals surface area (Å²) in [5.74, 6) is -1.29.